The van der Waals surface area contributed by atoms with Crippen molar-refractivity contribution in [1.29, 1.82) is 0 Å². The second-order valence-electron chi connectivity index (χ2n) is 8.26. The summed E-state index contributed by atoms with van der Waals surface area (Å²) in [7, 11) is 0. The monoisotopic (exact) mass is 578 g/mol. The number of halogens is 2. The Balaban J connectivity index is 0.00000150. The van der Waals surface area contributed by atoms with Crippen LogP contribution in [-0.4, -0.2) is 23.0 Å². The molecule has 2 heterocycles. The second-order valence-corrected chi connectivity index (χ2v) is 8.26. The Hall–Kier alpha value is -1.17. The predicted octanol–water partition coefficient (Wildman–Crippen LogP) is -0.721. The molecule has 4 rings (SSSR count). The van der Waals surface area contributed by atoms with Gasteiger partial charge in [-0.3, -0.25) is 0 Å². The van der Waals surface area contributed by atoms with Gasteiger partial charge in [0.25, 0.3) is 0 Å². The molecule has 2 aromatic rings. The minimum absolute atomic E-state index is 0. The smallest absolute Gasteiger partial charge is 1.00 e. The van der Waals surface area contributed by atoms with Crippen LogP contribution in [0.3, 0.4) is 0 Å². The zero-order valence-corrected chi connectivity index (χ0v) is 21.6. The van der Waals surface area contributed by atoms with Gasteiger partial charge in [0.1, 0.15) is 23.3 Å². The fraction of sp³-hybridized carbons (Fsp3) is 0.391. The van der Waals surface area contributed by atoms with Crippen LogP contribution in [0.5, 0.6) is 0 Å². The van der Waals surface area contributed by atoms with Crippen LogP contribution in [0.25, 0.3) is 0 Å². The van der Waals surface area contributed by atoms with E-state index < -0.39 is 0 Å². The van der Waals surface area contributed by atoms with Crippen LogP contribution in [0, 0.1) is 0 Å². The molecule has 0 fully saturated rings. The van der Waals surface area contributed by atoms with Gasteiger partial charge in [-0.05, 0) is 38.8 Å². The minimum Gasteiger partial charge on any atom is -1.00 e. The summed E-state index contributed by atoms with van der Waals surface area (Å²) in [6.45, 7) is 8.31. The zero-order valence-electron chi connectivity index (χ0n) is 17.4. The van der Waals surface area contributed by atoms with Crippen molar-refractivity contribution < 1.29 is 59.9 Å². The van der Waals surface area contributed by atoms with Gasteiger partial charge < -0.3 is 43.4 Å². The summed E-state index contributed by atoms with van der Waals surface area (Å²) in [5.74, 6) is 1.38. The van der Waals surface area contributed by atoms with E-state index in [0.29, 0.717) is 18.2 Å². The first-order chi connectivity index (χ1) is 12.9. The van der Waals surface area contributed by atoms with Gasteiger partial charge in [-0.1, -0.05) is 60.7 Å². The van der Waals surface area contributed by atoms with Gasteiger partial charge in [-0.15, -0.1) is 0 Å². The first kappa shape index (κ1) is 26.9. The van der Waals surface area contributed by atoms with Crippen molar-refractivity contribution >= 4 is 11.8 Å². The Bertz CT molecular complexity index is 813. The second kappa shape index (κ2) is 10.4. The Morgan fingerprint density at radius 1 is 0.667 bits per heavy atom. The van der Waals surface area contributed by atoms with Crippen LogP contribution in [0.4, 0.5) is 0 Å². The van der Waals surface area contributed by atoms with Gasteiger partial charge in [0.05, 0.1) is 6.42 Å². The Labute approximate surface area is 210 Å². The van der Waals surface area contributed by atoms with Crippen LogP contribution in [0.2, 0.25) is 0 Å². The SMILES string of the molecule is CC1(C)OC(CC2=N[C@H](c3ccccc3)C(C)(C)O2)=N[C@@H]1c1ccccc1.[Br-].[Br-].[Ni+2]. The number of nitrogens with zero attached hydrogens (tertiary/aromatic N) is 2. The molecule has 0 aliphatic carbocycles. The standard InChI is InChI=1S/C23H26N2O2.2BrH.Ni/c1-22(2)20(16-11-7-5-8-12-16)24-18(26-22)15-19-25-21(23(3,4)27-19)17-13-9-6-10-14-17;;;/h5-14,20-21H,15H2,1-4H3;2*1H;/q;;;+2/p-2/t20-,21-;;;/m1.../s1. The van der Waals surface area contributed by atoms with Crippen molar-refractivity contribution in [2.75, 3.05) is 0 Å². The fourth-order valence-electron chi connectivity index (χ4n) is 3.89. The van der Waals surface area contributed by atoms with Gasteiger partial charge in [0.15, 0.2) is 11.8 Å². The Morgan fingerprint density at radius 2 is 1.00 bits per heavy atom. The molecule has 2 atom stereocenters. The summed E-state index contributed by atoms with van der Waals surface area (Å²) < 4.78 is 12.4. The molecule has 0 radical (unpaired) electrons. The van der Waals surface area contributed by atoms with Crippen molar-refractivity contribution in [3.63, 3.8) is 0 Å². The molecule has 30 heavy (non-hydrogen) atoms. The predicted molar refractivity (Wildman–Crippen MR) is 108 cm³/mol. The van der Waals surface area contributed by atoms with Crippen molar-refractivity contribution in [1.82, 2.24) is 0 Å². The number of rotatable bonds is 4. The van der Waals surface area contributed by atoms with E-state index >= 15 is 0 Å². The van der Waals surface area contributed by atoms with E-state index in [1.165, 1.54) is 0 Å². The third-order valence-corrected chi connectivity index (χ3v) is 5.16. The van der Waals surface area contributed by atoms with E-state index in [1.54, 1.807) is 0 Å². The molecule has 0 unspecified atom stereocenters. The third kappa shape index (κ3) is 5.54. The average molecular weight is 581 g/mol. The fourth-order valence-corrected chi connectivity index (χ4v) is 3.89. The average Bonchev–Trinajstić information content (AvgIpc) is 3.11. The molecule has 164 valence electrons. The first-order valence-electron chi connectivity index (χ1n) is 9.46. The van der Waals surface area contributed by atoms with Crippen LogP contribution < -0.4 is 34.0 Å². The van der Waals surface area contributed by atoms with E-state index in [9.17, 15) is 0 Å². The molecule has 7 heteroatoms. The topological polar surface area (TPSA) is 43.2 Å². The van der Waals surface area contributed by atoms with E-state index in [2.05, 4.69) is 52.0 Å². The van der Waals surface area contributed by atoms with Crippen LogP contribution in [0.15, 0.2) is 70.6 Å². The molecule has 0 bridgehead atoms. The molecule has 2 aliphatic rings. The minimum atomic E-state index is -0.385. The Morgan fingerprint density at radius 3 is 1.33 bits per heavy atom. The van der Waals surface area contributed by atoms with E-state index in [-0.39, 0.29) is 73.7 Å². The van der Waals surface area contributed by atoms with Gasteiger partial charge in [-0.2, -0.15) is 0 Å². The molecular formula is C23H26Br2N2NiO2. The maximum atomic E-state index is 6.18. The van der Waals surface area contributed by atoms with Gasteiger partial charge >= 0.3 is 16.5 Å². The molecule has 0 N–H and O–H groups in total. The summed E-state index contributed by atoms with van der Waals surface area (Å²) in [6, 6.07) is 20.5. The molecule has 0 spiro atoms. The zero-order chi connectivity index (χ0) is 19.1. The molecule has 0 aromatic heterocycles. The summed E-state index contributed by atoms with van der Waals surface area (Å²) >= 11 is 0. The van der Waals surface area contributed by atoms with Gasteiger partial charge in [0, 0.05) is 0 Å². The molecule has 0 saturated carbocycles. The van der Waals surface area contributed by atoms with Crippen LogP contribution in [-0.2, 0) is 26.0 Å². The first-order valence-corrected chi connectivity index (χ1v) is 9.46. The van der Waals surface area contributed by atoms with Gasteiger partial charge in [0.2, 0.25) is 0 Å². The van der Waals surface area contributed by atoms with Crippen molar-refractivity contribution in [3.8, 4) is 0 Å². The summed E-state index contributed by atoms with van der Waals surface area (Å²) in [4.78, 5) is 9.71. The van der Waals surface area contributed by atoms with Crippen LogP contribution in [0.1, 0.15) is 57.3 Å². The quantitative estimate of drug-likeness (QED) is 0.448. The normalized spacial score (nSPS) is 22.8. The Kier molecular flexibility index (Phi) is 9.34. The maximum Gasteiger partial charge on any atom is 2.00 e. The van der Waals surface area contributed by atoms with Crippen molar-refractivity contribution in [2.24, 2.45) is 9.98 Å². The maximum absolute atomic E-state index is 6.18. The van der Waals surface area contributed by atoms with Crippen molar-refractivity contribution in [2.45, 2.75) is 57.4 Å². The molecule has 4 nitrogen and oxygen atoms in total. The summed E-state index contributed by atoms with van der Waals surface area (Å²) in [6.07, 6.45) is 0.486. The molecule has 2 aromatic carbocycles. The van der Waals surface area contributed by atoms with Crippen LogP contribution >= 0.6 is 0 Å². The third-order valence-electron chi connectivity index (χ3n) is 5.16. The summed E-state index contributed by atoms with van der Waals surface area (Å²) in [5.41, 5.74) is 1.55. The molecule has 0 saturated heterocycles. The van der Waals surface area contributed by atoms with Gasteiger partial charge in [-0.25, -0.2) is 9.98 Å². The van der Waals surface area contributed by atoms with E-state index in [4.69, 9.17) is 19.5 Å². The number of benzene rings is 2. The van der Waals surface area contributed by atoms with Crippen molar-refractivity contribution in [3.05, 3.63) is 71.8 Å². The number of hydrogen-bond acceptors (Lipinski definition) is 4. The number of aliphatic imine (C=N–C) groups is 2. The number of hydrogen-bond donors (Lipinski definition) is 0. The van der Waals surface area contributed by atoms with E-state index in [0.717, 1.165) is 11.1 Å². The van der Waals surface area contributed by atoms with E-state index in [1.807, 2.05) is 36.4 Å². The largest absolute Gasteiger partial charge is 2.00 e. The molecular weight excluding hydrogens is 555 g/mol. The molecule has 2 aliphatic heterocycles. The number of ether oxygens (including phenoxy) is 2. The summed E-state index contributed by atoms with van der Waals surface area (Å²) in [5, 5.41) is 0. The molecule has 0 amide bonds.